The lowest BCUT2D eigenvalue weighted by Gasteiger charge is -2.56. The summed E-state index contributed by atoms with van der Waals surface area (Å²) in [6.45, 7) is 2.06. The number of carbonyl (C=O) groups excluding carboxylic acids is 3. The van der Waals surface area contributed by atoms with Crippen LogP contribution < -0.4 is 4.90 Å². The second kappa shape index (κ2) is 6.29. The molecular weight excluding hydrogens is 422 g/mol. The van der Waals surface area contributed by atoms with Crippen LogP contribution in [0.4, 0.5) is 5.69 Å². The van der Waals surface area contributed by atoms with E-state index in [-0.39, 0.29) is 11.8 Å². The molecule has 2 atom stereocenters. The molecule has 0 N–H and O–H groups in total. The third-order valence-electron chi connectivity index (χ3n) is 8.48. The molecule has 0 aromatic heterocycles. The molecule has 4 aromatic carbocycles. The lowest BCUT2D eigenvalue weighted by atomic mass is 9.42. The minimum absolute atomic E-state index is 0.232. The van der Waals surface area contributed by atoms with E-state index < -0.39 is 22.7 Å². The Kier molecular flexibility index (Phi) is 3.59. The van der Waals surface area contributed by atoms with Gasteiger partial charge in [0.15, 0.2) is 0 Å². The van der Waals surface area contributed by atoms with E-state index in [9.17, 15) is 14.4 Å². The Morgan fingerprint density at radius 2 is 1.21 bits per heavy atom. The van der Waals surface area contributed by atoms with Crippen LogP contribution in [-0.4, -0.2) is 18.1 Å². The van der Waals surface area contributed by atoms with Crippen LogP contribution in [0, 0.1) is 11.8 Å². The summed E-state index contributed by atoms with van der Waals surface area (Å²) in [4.78, 5) is 43.0. The van der Waals surface area contributed by atoms with Crippen molar-refractivity contribution in [3.05, 3.63) is 113 Å². The molecule has 4 aliphatic rings. The topological polar surface area (TPSA) is 54.5 Å². The van der Waals surface area contributed by atoms with Crippen molar-refractivity contribution in [3.8, 4) is 0 Å². The average Bonchev–Trinajstić information content (AvgIpc) is 3.16. The van der Waals surface area contributed by atoms with Gasteiger partial charge in [0, 0.05) is 10.8 Å². The van der Waals surface area contributed by atoms with Crippen molar-refractivity contribution in [3.63, 3.8) is 0 Å². The molecule has 0 saturated carbocycles. The first-order chi connectivity index (χ1) is 16.5. The monoisotopic (exact) mass is 443 g/mol. The minimum atomic E-state index is -1.19. The van der Waals surface area contributed by atoms with Gasteiger partial charge in [-0.25, -0.2) is 4.90 Å². The summed E-state index contributed by atoms with van der Waals surface area (Å²) in [5.74, 6) is -1.97. The number of amides is 2. The summed E-state index contributed by atoms with van der Waals surface area (Å²) in [7, 11) is 0. The molecule has 0 unspecified atom stereocenters. The highest BCUT2D eigenvalue weighted by atomic mass is 16.2. The van der Waals surface area contributed by atoms with Gasteiger partial charge in [0.05, 0.1) is 22.9 Å². The van der Waals surface area contributed by atoms with Crippen LogP contribution >= 0.6 is 0 Å². The van der Waals surface area contributed by atoms with Crippen molar-refractivity contribution < 1.29 is 14.4 Å². The van der Waals surface area contributed by atoms with Crippen molar-refractivity contribution in [2.24, 2.45) is 11.8 Å². The van der Waals surface area contributed by atoms with Crippen molar-refractivity contribution >= 4 is 34.6 Å². The van der Waals surface area contributed by atoms with Crippen LogP contribution in [-0.2, 0) is 25.2 Å². The van der Waals surface area contributed by atoms with Gasteiger partial charge in [-0.15, -0.1) is 0 Å². The molecule has 164 valence electrons. The molecule has 1 fully saturated rings. The van der Waals surface area contributed by atoms with Crippen molar-refractivity contribution in [2.75, 3.05) is 4.90 Å². The number of benzene rings is 4. The van der Waals surface area contributed by atoms with E-state index in [1.54, 1.807) is 0 Å². The highest BCUT2D eigenvalue weighted by Crippen LogP contribution is 2.66. The fraction of sp³-hybridized carbons (Fsp3) is 0.167. The number of carbonyl (C=O) groups is 3. The Morgan fingerprint density at radius 1 is 0.676 bits per heavy atom. The summed E-state index contributed by atoms with van der Waals surface area (Å²) in [6, 6.07) is 29.1. The number of hydrogen-bond donors (Lipinski definition) is 0. The largest absolute Gasteiger partial charge is 0.302 e. The van der Waals surface area contributed by atoms with Gasteiger partial charge in [-0.1, -0.05) is 91.9 Å². The van der Waals surface area contributed by atoms with Gasteiger partial charge in [0.1, 0.15) is 6.29 Å². The van der Waals surface area contributed by atoms with Crippen molar-refractivity contribution in [1.29, 1.82) is 0 Å². The van der Waals surface area contributed by atoms with Gasteiger partial charge in [0.2, 0.25) is 11.8 Å². The average molecular weight is 444 g/mol. The summed E-state index contributed by atoms with van der Waals surface area (Å²) in [5.41, 5.74) is 2.28. The second-order valence-corrected chi connectivity index (χ2v) is 9.75. The van der Waals surface area contributed by atoms with Crippen LogP contribution in [0.25, 0.3) is 10.8 Å². The molecule has 0 radical (unpaired) electrons. The minimum Gasteiger partial charge on any atom is -0.302 e. The first-order valence-electron chi connectivity index (χ1n) is 11.6. The Labute approximate surface area is 196 Å². The number of hydrogen-bond acceptors (Lipinski definition) is 3. The third kappa shape index (κ3) is 1.95. The van der Waals surface area contributed by atoms with E-state index in [2.05, 4.69) is 6.92 Å². The molecule has 34 heavy (non-hydrogen) atoms. The molecular formula is C30H21NO3. The van der Waals surface area contributed by atoms with Crippen molar-refractivity contribution in [2.45, 2.75) is 17.8 Å². The molecule has 2 bridgehead atoms. The predicted octanol–water partition coefficient (Wildman–Crippen LogP) is 4.76. The van der Waals surface area contributed by atoms with Crippen LogP contribution in [0.15, 0.2) is 91.0 Å². The van der Waals surface area contributed by atoms with Gasteiger partial charge in [0.25, 0.3) is 0 Å². The Morgan fingerprint density at radius 3 is 1.85 bits per heavy atom. The zero-order valence-electron chi connectivity index (χ0n) is 18.6. The van der Waals surface area contributed by atoms with E-state index in [1.165, 1.54) is 4.90 Å². The molecule has 3 aliphatic carbocycles. The van der Waals surface area contributed by atoms with Crippen molar-refractivity contribution in [1.82, 2.24) is 0 Å². The summed E-state index contributed by atoms with van der Waals surface area (Å²) in [6.07, 6.45) is 0.916. The lowest BCUT2D eigenvalue weighted by Crippen LogP contribution is -2.61. The van der Waals surface area contributed by atoms with E-state index in [0.717, 1.165) is 39.3 Å². The molecule has 1 heterocycles. The zero-order valence-corrected chi connectivity index (χ0v) is 18.6. The third-order valence-corrected chi connectivity index (χ3v) is 8.48. The standard InChI is InChI=1S/C30H21NO3/c1-29-20-12-4-6-14-22(20)30(17-32,23-15-7-5-13-21(23)29)26-25(29)27(33)31(28(26)34)24-16-8-10-18-9-2-3-11-19(18)24/h2-17,25-26H,1H3/t25-,26-,29?,30?/m0/s1. The van der Waals surface area contributed by atoms with Gasteiger partial charge in [-0.05, 0) is 33.7 Å². The molecule has 1 saturated heterocycles. The van der Waals surface area contributed by atoms with E-state index in [1.807, 2.05) is 91.0 Å². The number of aldehydes is 1. The smallest absolute Gasteiger partial charge is 0.239 e. The number of fused-ring (bicyclic) bond motifs is 1. The molecule has 4 heteroatoms. The van der Waals surface area contributed by atoms with Gasteiger partial charge in [-0.2, -0.15) is 0 Å². The SMILES string of the molecule is CC12c3ccccc3C(C=O)(c3ccccc31)[C@@H]1C(=O)N(c3cccc4ccccc34)C(=O)[C@H]12. The summed E-state index contributed by atoms with van der Waals surface area (Å²) in [5, 5.41) is 1.80. The molecule has 0 spiro atoms. The molecule has 4 nitrogen and oxygen atoms in total. The normalized spacial score (nSPS) is 28.6. The van der Waals surface area contributed by atoms with Crippen LogP contribution in [0.2, 0.25) is 0 Å². The first-order valence-corrected chi connectivity index (χ1v) is 11.6. The fourth-order valence-electron chi connectivity index (χ4n) is 7.10. The predicted molar refractivity (Wildman–Crippen MR) is 130 cm³/mol. The summed E-state index contributed by atoms with van der Waals surface area (Å²) < 4.78 is 0. The van der Waals surface area contributed by atoms with E-state index >= 15 is 0 Å². The van der Waals surface area contributed by atoms with Gasteiger partial charge >= 0.3 is 0 Å². The number of anilines is 1. The lowest BCUT2D eigenvalue weighted by molar-refractivity contribution is -0.129. The number of rotatable bonds is 2. The Balaban J connectivity index is 1.56. The highest BCUT2D eigenvalue weighted by molar-refractivity contribution is 6.27. The number of imide groups is 1. The van der Waals surface area contributed by atoms with Gasteiger partial charge < -0.3 is 4.79 Å². The van der Waals surface area contributed by atoms with E-state index in [4.69, 9.17) is 0 Å². The maximum Gasteiger partial charge on any atom is 0.239 e. The molecule has 1 aliphatic heterocycles. The number of nitrogens with zero attached hydrogens (tertiary/aromatic N) is 1. The summed E-state index contributed by atoms with van der Waals surface area (Å²) >= 11 is 0. The Hall–Kier alpha value is -4.05. The molecule has 2 amide bonds. The second-order valence-electron chi connectivity index (χ2n) is 9.75. The van der Waals surface area contributed by atoms with Gasteiger partial charge in [-0.3, -0.25) is 9.59 Å². The highest BCUT2D eigenvalue weighted by Gasteiger charge is 2.72. The first kappa shape index (κ1) is 19.4. The maximum atomic E-state index is 14.3. The Bertz CT molecular complexity index is 1520. The molecule has 8 rings (SSSR count). The maximum absolute atomic E-state index is 14.3. The van der Waals surface area contributed by atoms with E-state index in [0.29, 0.717) is 5.69 Å². The quantitative estimate of drug-likeness (QED) is 0.331. The van der Waals surface area contributed by atoms with Crippen LogP contribution in [0.5, 0.6) is 0 Å². The zero-order chi connectivity index (χ0) is 23.2. The van der Waals surface area contributed by atoms with Crippen LogP contribution in [0.3, 0.4) is 0 Å². The van der Waals surface area contributed by atoms with Crippen LogP contribution in [0.1, 0.15) is 29.2 Å². The fourth-order valence-corrected chi connectivity index (χ4v) is 7.10. The molecule has 4 aromatic rings.